The number of carbonyl (C=O) groups is 1. The summed E-state index contributed by atoms with van der Waals surface area (Å²) in [5.74, 6) is 0.364. The van der Waals surface area contributed by atoms with Crippen molar-refractivity contribution in [3.05, 3.63) is 71.4 Å². The Morgan fingerprint density at radius 2 is 1.81 bits per heavy atom. The first-order valence-electron chi connectivity index (χ1n) is 10.3. The van der Waals surface area contributed by atoms with Crippen LogP contribution in [0.25, 0.3) is 11.3 Å². The fraction of sp³-hybridized carbons (Fsp3) is 0.250. The van der Waals surface area contributed by atoms with E-state index in [0.717, 1.165) is 17.8 Å². The van der Waals surface area contributed by atoms with Crippen LogP contribution in [0.5, 0.6) is 0 Å². The number of nitrogens with zero attached hydrogens (tertiary/aromatic N) is 1. The molecule has 0 bridgehead atoms. The molecule has 0 aliphatic carbocycles. The summed E-state index contributed by atoms with van der Waals surface area (Å²) in [6.45, 7) is 3.35. The quantitative estimate of drug-likeness (QED) is 0.467. The third kappa shape index (κ3) is 5.27. The van der Waals surface area contributed by atoms with Crippen LogP contribution < -0.4 is 15.5 Å². The molecule has 2 aromatic carbocycles. The molecule has 0 spiro atoms. The smallest absolute Gasteiger partial charge is 0.293 e. The molecular formula is C24H24ClN3O2S. The SMILES string of the molecule is CC1CCCCN1c1ccc(NC(=S)NC(=O)c2ccc(-c3ccc(Cl)cc3)o2)cc1. The average Bonchev–Trinajstić information content (AvgIpc) is 3.26. The van der Waals surface area contributed by atoms with E-state index in [1.165, 1.54) is 24.9 Å². The molecule has 2 heterocycles. The van der Waals surface area contributed by atoms with Crippen molar-refractivity contribution in [2.24, 2.45) is 0 Å². The molecule has 4 rings (SSSR count). The molecular weight excluding hydrogens is 430 g/mol. The number of halogens is 1. The van der Waals surface area contributed by atoms with E-state index in [2.05, 4.69) is 34.6 Å². The second-order valence-corrected chi connectivity index (χ2v) is 8.51. The Balaban J connectivity index is 1.34. The van der Waals surface area contributed by atoms with E-state index in [9.17, 15) is 4.79 Å². The van der Waals surface area contributed by atoms with Crippen LogP contribution in [-0.4, -0.2) is 23.6 Å². The fourth-order valence-corrected chi connectivity index (χ4v) is 4.11. The van der Waals surface area contributed by atoms with Crippen molar-refractivity contribution < 1.29 is 9.21 Å². The Morgan fingerprint density at radius 1 is 1.06 bits per heavy atom. The van der Waals surface area contributed by atoms with Gasteiger partial charge in [-0.3, -0.25) is 10.1 Å². The largest absolute Gasteiger partial charge is 0.451 e. The van der Waals surface area contributed by atoms with Crippen LogP contribution in [0.3, 0.4) is 0 Å². The van der Waals surface area contributed by atoms with Crippen LogP contribution in [0.15, 0.2) is 65.1 Å². The molecule has 0 saturated carbocycles. The number of rotatable bonds is 4. The highest BCUT2D eigenvalue weighted by Gasteiger charge is 2.18. The van der Waals surface area contributed by atoms with E-state index >= 15 is 0 Å². The highest BCUT2D eigenvalue weighted by Crippen LogP contribution is 2.26. The lowest BCUT2D eigenvalue weighted by molar-refractivity contribution is 0.0951. The number of furan rings is 1. The number of hydrogen-bond acceptors (Lipinski definition) is 4. The summed E-state index contributed by atoms with van der Waals surface area (Å²) in [6, 6.07) is 19.3. The van der Waals surface area contributed by atoms with Gasteiger partial charge in [-0.15, -0.1) is 0 Å². The topological polar surface area (TPSA) is 57.5 Å². The third-order valence-electron chi connectivity index (χ3n) is 5.45. The maximum Gasteiger partial charge on any atom is 0.293 e. The molecule has 1 aliphatic heterocycles. The zero-order chi connectivity index (χ0) is 21.8. The molecule has 1 unspecified atom stereocenters. The van der Waals surface area contributed by atoms with Gasteiger partial charge in [-0.25, -0.2) is 0 Å². The minimum absolute atomic E-state index is 0.184. The van der Waals surface area contributed by atoms with Gasteiger partial charge in [0, 0.05) is 34.5 Å². The van der Waals surface area contributed by atoms with Gasteiger partial charge in [0.15, 0.2) is 10.9 Å². The van der Waals surface area contributed by atoms with Crippen molar-refractivity contribution in [2.75, 3.05) is 16.8 Å². The first kappa shape index (κ1) is 21.4. The molecule has 0 radical (unpaired) electrons. The summed E-state index contributed by atoms with van der Waals surface area (Å²) in [7, 11) is 0. The molecule has 1 atom stereocenters. The van der Waals surface area contributed by atoms with E-state index in [1.54, 1.807) is 24.3 Å². The number of benzene rings is 2. The van der Waals surface area contributed by atoms with Crippen LogP contribution >= 0.6 is 23.8 Å². The van der Waals surface area contributed by atoms with Crippen molar-refractivity contribution >= 4 is 46.2 Å². The zero-order valence-electron chi connectivity index (χ0n) is 17.2. The van der Waals surface area contributed by atoms with Crippen molar-refractivity contribution in [3.63, 3.8) is 0 Å². The molecule has 1 aromatic heterocycles. The second-order valence-electron chi connectivity index (χ2n) is 7.66. The summed E-state index contributed by atoms with van der Waals surface area (Å²) in [5.41, 5.74) is 2.87. The van der Waals surface area contributed by atoms with Gasteiger partial charge in [-0.05, 0) is 99.1 Å². The minimum atomic E-state index is -0.406. The van der Waals surface area contributed by atoms with Crippen molar-refractivity contribution in [2.45, 2.75) is 32.2 Å². The van der Waals surface area contributed by atoms with Gasteiger partial charge in [0.2, 0.25) is 0 Å². The number of anilines is 2. The van der Waals surface area contributed by atoms with Crippen LogP contribution in [-0.2, 0) is 0 Å². The summed E-state index contributed by atoms with van der Waals surface area (Å²) < 4.78 is 5.67. The van der Waals surface area contributed by atoms with Gasteiger partial charge in [-0.2, -0.15) is 0 Å². The number of nitrogens with one attached hydrogen (secondary N) is 2. The maximum atomic E-state index is 12.5. The maximum absolute atomic E-state index is 12.5. The highest BCUT2D eigenvalue weighted by molar-refractivity contribution is 7.80. The minimum Gasteiger partial charge on any atom is -0.451 e. The molecule has 160 valence electrons. The number of thiocarbonyl (C=S) groups is 1. The average molecular weight is 454 g/mol. The Labute approximate surface area is 192 Å². The van der Waals surface area contributed by atoms with Crippen molar-refractivity contribution in [3.8, 4) is 11.3 Å². The van der Waals surface area contributed by atoms with Gasteiger partial charge in [0.25, 0.3) is 5.91 Å². The summed E-state index contributed by atoms with van der Waals surface area (Å²) in [4.78, 5) is 14.9. The van der Waals surface area contributed by atoms with E-state index in [1.807, 2.05) is 24.3 Å². The molecule has 1 fully saturated rings. The molecule has 31 heavy (non-hydrogen) atoms. The third-order valence-corrected chi connectivity index (χ3v) is 5.90. The predicted molar refractivity (Wildman–Crippen MR) is 130 cm³/mol. The summed E-state index contributed by atoms with van der Waals surface area (Å²) in [5, 5.41) is 6.57. The van der Waals surface area contributed by atoms with Crippen molar-refractivity contribution in [1.82, 2.24) is 5.32 Å². The monoisotopic (exact) mass is 453 g/mol. The van der Waals surface area contributed by atoms with Gasteiger partial charge in [0.1, 0.15) is 5.76 Å². The van der Waals surface area contributed by atoms with Crippen LogP contribution in [0, 0.1) is 0 Å². The lowest BCUT2D eigenvalue weighted by Gasteiger charge is -2.35. The first-order valence-corrected chi connectivity index (χ1v) is 11.1. The van der Waals surface area contributed by atoms with E-state index in [4.69, 9.17) is 28.2 Å². The zero-order valence-corrected chi connectivity index (χ0v) is 18.8. The molecule has 5 nitrogen and oxygen atoms in total. The normalized spacial score (nSPS) is 16.1. The lowest BCUT2D eigenvalue weighted by Crippen LogP contribution is -2.37. The molecule has 3 aromatic rings. The molecule has 1 amide bonds. The number of amides is 1. The predicted octanol–water partition coefficient (Wildman–Crippen LogP) is 6.11. The van der Waals surface area contributed by atoms with Crippen LogP contribution in [0.1, 0.15) is 36.7 Å². The highest BCUT2D eigenvalue weighted by atomic mass is 35.5. The van der Waals surface area contributed by atoms with E-state index in [-0.39, 0.29) is 10.9 Å². The molecule has 7 heteroatoms. The molecule has 2 N–H and O–H groups in total. The summed E-state index contributed by atoms with van der Waals surface area (Å²) in [6.07, 6.45) is 3.75. The lowest BCUT2D eigenvalue weighted by atomic mass is 10.0. The first-order chi connectivity index (χ1) is 15.0. The fourth-order valence-electron chi connectivity index (χ4n) is 3.77. The Bertz CT molecular complexity index is 1060. The van der Waals surface area contributed by atoms with E-state index in [0.29, 0.717) is 16.8 Å². The van der Waals surface area contributed by atoms with Gasteiger partial charge >= 0.3 is 0 Å². The standard InChI is InChI=1S/C24H24ClN3O2S/c1-16-4-2-3-15-28(16)20-11-9-19(10-12-20)26-24(31)27-23(29)22-14-13-21(30-22)17-5-7-18(25)8-6-17/h5-14,16H,2-4,15H2,1H3,(H2,26,27,29,31). The number of hydrogen-bond donors (Lipinski definition) is 2. The molecule has 1 saturated heterocycles. The van der Waals surface area contributed by atoms with E-state index < -0.39 is 5.91 Å². The number of piperidine rings is 1. The van der Waals surface area contributed by atoms with Gasteiger partial charge in [-0.1, -0.05) is 11.6 Å². The van der Waals surface area contributed by atoms with Crippen LogP contribution in [0.2, 0.25) is 5.02 Å². The Hall–Kier alpha value is -2.83. The van der Waals surface area contributed by atoms with Gasteiger partial charge < -0.3 is 14.6 Å². The van der Waals surface area contributed by atoms with Gasteiger partial charge in [0.05, 0.1) is 0 Å². The molecule has 1 aliphatic rings. The second kappa shape index (κ2) is 9.54. The Morgan fingerprint density at radius 3 is 2.52 bits per heavy atom. The van der Waals surface area contributed by atoms with Crippen molar-refractivity contribution in [1.29, 1.82) is 0 Å². The summed E-state index contributed by atoms with van der Waals surface area (Å²) >= 11 is 11.2. The number of carbonyl (C=O) groups excluding carboxylic acids is 1. The Kier molecular flexibility index (Phi) is 6.59. The van der Waals surface area contributed by atoms with Crippen LogP contribution in [0.4, 0.5) is 11.4 Å².